The van der Waals surface area contributed by atoms with Gasteiger partial charge in [-0.25, -0.2) is 0 Å². The molecule has 1 unspecified atom stereocenters. The molecule has 0 aliphatic carbocycles. The van der Waals surface area contributed by atoms with E-state index in [1.165, 1.54) is 0 Å². The number of carbonyl (C=O) groups is 2. The molecular formula is C22H26N2O3. The van der Waals surface area contributed by atoms with Crippen LogP contribution in [0.5, 0.6) is 5.75 Å². The summed E-state index contributed by atoms with van der Waals surface area (Å²) in [6.45, 7) is 1.29. The standard InChI is InChI=1S/C22H26N2O3/c1-27-19-10-5-7-17(15-19)12-13-21(25)23-20(18-8-3-2-4-9-18)16-24-14-6-11-22(24)26/h2-5,7-10,15,20H,6,11-14,16H2,1H3,(H,23,25). The third-order valence-electron chi connectivity index (χ3n) is 4.89. The van der Waals surface area contributed by atoms with Crippen LogP contribution in [0, 0.1) is 0 Å². The van der Waals surface area contributed by atoms with Gasteiger partial charge in [0.2, 0.25) is 11.8 Å². The molecule has 2 aromatic rings. The van der Waals surface area contributed by atoms with E-state index in [-0.39, 0.29) is 17.9 Å². The van der Waals surface area contributed by atoms with Gasteiger partial charge in [-0.3, -0.25) is 9.59 Å². The summed E-state index contributed by atoms with van der Waals surface area (Å²) >= 11 is 0. The Hall–Kier alpha value is -2.82. The van der Waals surface area contributed by atoms with Crippen LogP contribution in [0.2, 0.25) is 0 Å². The van der Waals surface area contributed by atoms with Gasteiger partial charge in [0.05, 0.1) is 13.2 Å². The van der Waals surface area contributed by atoms with Crippen molar-refractivity contribution in [2.75, 3.05) is 20.2 Å². The van der Waals surface area contributed by atoms with Gasteiger partial charge in [0.15, 0.2) is 0 Å². The zero-order valence-electron chi connectivity index (χ0n) is 15.7. The van der Waals surface area contributed by atoms with E-state index in [4.69, 9.17) is 4.74 Å². The van der Waals surface area contributed by atoms with Gasteiger partial charge in [0.25, 0.3) is 0 Å². The maximum atomic E-state index is 12.6. The lowest BCUT2D eigenvalue weighted by molar-refractivity contribution is -0.129. The second-order valence-electron chi connectivity index (χ2n) is 6.83. The molecule has 1 N–H and O–H groups in total. The number of amides is 2. The van der Waals surface area contributed by atoms with Gasteiger partial charge < -0.3 is 15.0 Å². The molecule has 1 fully saturated rings. The Morgan fingerprint density at radius 3 is 2.70 bits per heavy atom. The summed E-state index contributed by atoms with van der Waals surface area (Å²) in [6.07, 6.45) is 2.53. The van der Waals surface area contributed by atoms with Gasteiger partial charge in [-0.2, -0.15) is 0 Å². The summed E-state index contributed by atoms with van der Waals surface area (Å²) in [6, 6.07) is 17.4. The Morgan fingerprint density at radius 1 is 1.19 bits per heavy atom. The summed E-state index contributed by atoms with van der Waals surface area (Å²) in [5.41, 5.74) is 2.09. The molecule has 3 rings (SSSR count). The van der Waals surface area contributed by atoms with E-state index in [9.17, 15) is 9.59 Å². The van der Waals surface area contributed by atoms with Gasteiger partial charge >= 0.3 is 0 Å². The van der Waals surface area contributed by atoms with Crippen molar-refractivity contribution < 1.29 is 14.3 Å². The summed E-state index contributed by atoms with van der Waals surface area (Å²) < 4.78 is 5.23. The van der Waals surface area contributed by atoms with Crippen LogP contribution in [-0.4, -0.2) is 36.9 Å². The molecule has 0 saturated carbocycles. The highest BCUT2D eigenvalue weighted by atomic mass is 16.5. The van der Waals surface area contributed by atoms with Gasteiger partial charge in [0, 0.05) is 25.9 Å². The van der Waals surface area contributed by atoms with E-state index >= 15 is 0 Å². The maximum absolute atomic E-state index is 12.6. The fourth-order valence-electron chi connectivity index (χ4n) is 3.39. The molecule has 2 aromatic carbocycles. The van der Waals surface area contributed by atoms with E-state index < -0.39 is 0 Å². The molecule has 0 aromatic heterocycles. The lowest BCUT2D eigenvalue weighted by Gasteiger charge is -2.25. The molecule has 5 nitrogen and oxygen atoms in total. The largest absolute Gasteiger partial charge is 0.497 e. The van der Waals surface area contributed by atoms with Gasteiger partial charge in [-0.05, 0) is 36.1 Å². The molecule has 2 amide bonds. The van der Waals surface area contributed by atoms with E-state index in [0.29, 0.717) is 25.8 Å². The van der Waals surface area contributed by atoms with Crippen molar-refractivity contribution >= 4 is 11.8 Å². The van der Waals surface area contributed by atoms with E-state index in [1.807, 2.05) is 59.5 Å². The molecule has 142 valence electrons. The number of aryl methyl sites for hydroxylation is 1. The number of carbonyl (C=O) groups excluding carboxylic acids is 2. The van der Waals surface area contributed by atoms with Crippen LogP contribution in [0.4, 0.5) is 0 Å². The first-order chi connectivity index (χ1) is 13.2. The van der Waals surface area contributed by atoms with Crippen molar-refractivity contribution in [3.05, 3.63) is 65.7 Å². The molecule has 1 heterocycles. The average Bonchev–Trinajstić information content (AvgIpc) is 3.11. The number of likely N-dealkylation sites (tertiary alicyclic amines) is 1. The molecule has 0 radical (unpaired) electrons. The minimum absolute atomic E-state index is 0.0154. The number of benzene rings is 2. The number of nitrogens with one attached hydrogen (secondary N) is 1. The Balaban J connectivity index is 1.62. The van der Waals surface area contributed by atoms with Crippen LogP contribution in [-0.2, 0) is 16.0 Å². The van der Waals surface area contributed by atoms with Crippen molar-refractivity contribution in [1.82, 2.24) is 10.2 Å². The second kappa shape index (κ2) is 9.21. The average molecular weight is 366 g/mol. The SMILES string of the molecule is COc1cccc(CCC(=O)NC(CN2CCCC2=O)c2ccccc2)c1. The van der Waals surface area contributed by atoms with Crippen molar-refractivity contribution in [3.63, 3.8) is 0 Å². The number of ether oxygens (including phenoxy) is 1. The van der Waals surface area contributed by atoms with E-state index in [1.54, 1.807) is 7.11 Å². The predicted molar refractivity (Wildman–Crippen MR) is 104 cm³/mol. The minimum atomic E-state index is -0.189. The summed E-state index contributed by atoms with van der Waals surface area (Å²) in [5, 5.41) is 3.12. The van der Waals surface area contributed by atoms with E-state index in [0.717, 1.165) is 29.8 Å². The zero-order valence-corrected chi connectivity index (χ0v) is 15.7. The zero-order chi connectivity index (χ0) is 19.1. The van der Waals surface area contributed by atoms with Crippen LogP contribution in [0.25, 0.3) is 0 Å². The Morgan fingerprint density at radius 2 is 2.00 bits per heavy atom. The molecule has 0 spiro atoms. The topological polar surface area (TPSA) is 58.6 Å². The van der Waals surface area contributed by atoms with Crippen molar-refractivity contribution in [2.24, 2.45) is 0 Å². The highest BCUT2D eigenvalue weighted by Crippen LogP contribution is 2.19. The summed E-state index contributed by atoms with van der Waals surface area (Å²) in [7, 11) is 1.63. The van der Waals surface area contributed by atoms with Gasteiger partial charge in [-0.1, -0.05) is 42.5 Å². The number of hydrogen-bond acceptors (Lipinski definition) is 3. The molecule has 1 aliphatic heterocycles. The van der Waals surface area contributed by atoms with Crippen molar-refractivity contribution in [3.8, 4) is 5.75 Å². The monoisotopic (exact) mass is 366 g/mol. The number of hydrogen-bond donors (Lipinski definition) is 1. The molecule has 1 aliphatic rings. The molecular weight excluding hydrogens is 340 g/mol. The predicted octanol–water partition coefficient (Wildman–Crippen LogP) is 3.11. The molecule has 27 heavy (non-hydrogen) atoms. The number of rotatable bonds is 8. The number of nitrogens with zero attached hydrogens (tertiary/aromatic N) is 1. The number of methoxy groups -OCH3 is 1. The first-order valence-corrected chi connectivity index (χ1v) is 9.40. The smallest absolute Gasteiger partial charge is 0.222 e. The Bertz CT molecular complexity index is 776. The fourth-order valence-corrected chi connectivity index (χ4v) is 3.39. The highest BCUT2D eigenvalue weighted by Gasteiger charge is 2.25. The lowest BCUT2D eigenvalue weighted by atomic mass is 10.1. The Labute approximate surface area is 160 Å². The van der Waals surface area contributed by atoms with Crippen molar-refractivity contribution in [1.29, 1.82) is 0 Å². The summed E-state index contributed by atoms with van der Waals surface area (Å²) in [4.78, 5) is 26.4. The van der Waals surface area contributed by atoms with Crippen LogP contribution in [0.3, 0.4) is 0 Å². The third-order valence-corrected chi connectivity index (χ3v) is 4.89. The first kappa shape index (κ1) is 19.0. The van der Waals surface area contributed by atoms with Crippen LogP contribution < -0.4 is 10.1 Å². The van der Waals surface area contributed by atoms with E-state index in [2.05, 4.69) is 5.32 Å². The third kappa shape index (κ3) is 5.33. The minimum Gasteiger partial charge on any atom is -0.497 e. The lowest BCUT2D eigenvalue weighted by Crippen LogP contribution is -2.38. The van der Waals surface area contributed by atoms with Crippen LogP contribution >= 0.6 is 0 Å². The van der Waals surface area contributed by atoms with Crippen LogP contribution in [0.15, 0.2) is 54.6 Å². The van der Waals surface area contributed by atoms with Crippen LogP contribution in [0.1, 0.15) is 36.4 Å². The molecule has 0 bridgehead atoms. The summed E-state index contributed by atoms with van der Waals surface area (Å²) in [5.74, 6) is 0.947. The highest BCUT2D eigenvalue weighted by molar-refractivity contribution is 5.79. The maximum Gasteiger partial charge on any atom is 0.222 e. The molecule has 1 saturated heterocycles. The quantitative estimate of drug-likeness (QED) is 0.781. The normalized spacial score (nSPS) is 14.9. The second-order valence-corrected chi connectivity index (χ2v) is 6.83. The fraction of sp³-hybridized carbons (Fsp3) is 0.364. The molecule has 1 atom stereocenters. The van der Waals surface area contributed by atoms with Gasteiger partial charge in [0.1, 0.15) is 5.75 Å². The first-order valence-electron chi connectivity index (χ1n) is 9.40. The van der Waals surface area contributed by atoms with Gasteiger partial charge in [-0.15, -0.1) is 0 Å². The Kier molecular flexibility index (Phi) is 6.47. The molecule has 5 heteroatoms. The van der Waals surface area contributed by atoms with Crippen molar-refractivity contribution in [2.45, 2.75) is 31.7 Å².